The van der Waals surface area contributed by atoms with Gasteiger partial charge in [-0.3, -0.25) is 4.79 Å². The normalized spacial score (nSPS) is 14.4. The predicted octanol–water partition coefficient (Wildman–Crippen LogP) is 2.89. The molecule has 0 fully saturated rings. The maximum absolute atomic E-state index is 12.3. The smallest absolute Gasteiger partial charge is 0.326 e. The second-order valence-electron chi connectivity index (χ2n) is 9.90. The first-order valence-corrected chi connectivity index (χ1v) is 15.3. The van der Waals surface area contributed by atoms with Crippen molar-refractivity contribution >= 4 is 27.5 Å². The first kappa shape index (κ1) is 30.0. The van der Waals surface area contributed by atoms with Crippen molar-refractivity contribution in [1.82, 2.24) is 15.2 Å². The highest BCUT2D eigenvalue weighted by molar-refractivity contribution is 7.90. The van der Waals surface area contributed by atoms with Crippen molar-refractivity contribution in [1.29, 1.82) is 0 Å². The van der Waals surface area contributed by atoms with Crippen LogP contribution in [0, 0.1) is 5.92 Å². The molecule has 0 aromatic carbocycles. The lowest BCUT2D eigenvalue weighted by atomic mass is 9.99. The number of aromatic nitrogens is 1. The summed E-state index contributed by atoms with van der Waals surface area (Å²) in [5.41, 5.74) is 2.30. The summed E-state index contributed by atoms with van der Waals surface area (Å²) in [7, 11) is -3.14. The third-order valence-corrected chi connectivity index (χ3v) is 7.81. The number of aliphatic carboxylic acids is 1. The largest absolute Gasteiger partial charge is 0.480 e. The topological polar surface area (TPSA) is 129 Å². The number of nitrogens with zero attached hydrogens (tertiary/aromatic N) is 2. The number of carbonyl (C=O) groups excluding carboxylic acids is 1. The number of sulfone groups is 1. The van der Waals surface area contributed by atoms with Crippen molar-refractivity contribution in [2.45, 2.75) is 77.7 Å². The quantitative estimate of drug-likeness (QED) is 0.265. The zero-order chi connectivity index (χ0) is 26.6. The first-order valence-electron chi connectivity index (χ1n) is 13.3. The number of nitrogens with one attached hydrogen (secondary N) is 2. The van der Waals surface area contributed by atoms with Crippen molar-refractivity contribution in [3.05, 3.63) is 23.4 Å². The molecule has 1 aliphatic rings. The molecule has 10 heteroatoms. The third kappa shape index (κ3) is 11.2. The van der Waals surface area contributed by atoms with Gasteiger partial charge < -0.3 is 20.6 Å². The number of anilines is 1. The summed E-state index contributed by atoms with van der Waals surface area (Å²) in [5, 5.41) is 15.6. The van der Waals surface area contributed by atoms with Crippen LogP contribution in [0.5, 0.6) is 0 Å². The van der Waals surface area contributed by atoms with Gasteiger partial charge in [-0.15, -0.1) is 0 Å². The van der Waals surface area contributed by atoms with Gasteiger partial charge in [0.2, 0.25) is 5.91 Å². The van der Waals surface area contributed by atoms with E-state index < -0.39 is 21.8 Å². The van der Waals surface area contributed by atoms with Crippen LogP contribution in [-0.4, -0.2) is 79.5 Å². The molecule has 2 heterocycles. The van der Waals surface area contributed by atoms with Crippen LogP contribution in [0.1, 0.15) is 70.1 Å². The lowest BCUT2D eigenvalue weighted by Gasteiger charge is -2.24. The summed E-state index contributed by atoms with van der Waals surface area (Å²) in [6.45, 7) is 6.40. The number of hydrogen-bond donors (Lipinski definition) is 3. The van der Waals surface area contributed by atoms with Crippen LogP contribution < -0.4 is 10.6 Å². The summed E-state index contributed by atoms with van der Waals surface area (Å²) in [5.74, 6) is -0.0662. The van der Waals surface area contributed by atoms with E-state index in [0.717, 1.165) is 63.0 Å². The molecule has 1 aliphatic heterocycles. The Morgan fingerprint density at radius 3 is 2.58 bits per heavy atom. The first-order chi connectivity index (χ1) is 17.1. The molecule has 204 valence electrons. The fourth-order valence-electron chi connectivity index (χ4n) is 4.44. The van der Waals surface area contributed by atoms with Crippen LogP contribution in [0.4, 0.5) is 5.82 Å². The van der Waals surface area contributed by atoms with Crippen molar-refractivity contribution in [2.75, 3.05) is 43.5 Å². The number of amides is 1. The average Bonchev–Trinajstić information content (AvgIpc) is 2.84. The summed E-state index contributed by atoms with van der Waals surface area (Å²) in [4.78, 5) is 30.8. The Balaban J connectivity index is 1.87. The Morgan fingerprint density at radius 2 is 1.92 bits per heavy atom. The van der Waals surface area contributed by atoms with E-state index in [1.165, 1.54) is 11.8 Å². The van der Waals surface area contributed by atoms with Crippen LogP contribution in [-0.2, 0) is 32.3 Å². The van der Waals surface area contributed by atoms with Gasteiger partial charge in [0.15, 0.2) is 0 Å². The molecule has 0 bridgehead atoms. The lowest BCUT2D eigenvalue weighted by molar-refractivity contribution is -0.142. The van der Waals surface area contributed by atoms with Crippen LogP contribution >= 0.6 is 0 Å². The summed E-state index contributed by atoms with van der Waals surface area (Å²) in [6.07, 6.45) is 8.26. The van der Waals surface area contributed by atoms with E-state index >= 15 is 0 Å². The number of rotatable bonds is 17. The van der Waals surface area contributed by atoms with Gasteiger partial charge in [-0.25, -0.2) is 18.2 Å². The minimum Gasteiger partial charge on any atom is -0.480 e. The second kappa shape index (κ2) is 15.1. The van der Waals surface area contributed by atoms with Crippen molar-refractivity contribution in [3.63, 3.8) is 0 Å². The molecule has 0 spiro atoms. The van der Waals surface area contributed by atoms with Gasteiger partial charge in [-0.1, -0.05) is 32.8 Å². The Morgan fingerprint density at radius 1 is 1.17 bits per heavy atom. The molecule has 1 aromatic heterocycles. The molecule has 9 nitrogen and oxygen atoms in total. The van der Waals surface area contributed by atoms with E-state index in [4.69, 9.17) is 4.98 Å². The Labute approximate surface area is 216 Å². The SMILES string of the molecule is CCC(CC)CC(=O)NC(CCN(CCCCc1ccc2c(n1)NCCC2)CCS(C)(=O)=O)C(=O)O. The van der Waals surface area contributed by atoms with E-state index in [0.29, 0.717) is 26.1 Å². The van der Waals surface area contributed by atoms with Gasteiger partial charge in [0, 0.05) is 38.0 Å². The molecule has 0 saturated carbocycles. The summed E-state index contributed by atoms with van der Waals surface area (Å²) < 4.78 is 23.5. The van der Waals surface area contributed by atoms with E-state index in [-0.39, 0.29) is 24.0 Å². The number of unbranched alkanes of at least 4 members (excludes halogenated alkanes) is 1. The van der Waals surface area contributed by atoms with Crippen LogP contribution in [0.25, 0.3) is 0 Å². The lowest BCUT2D eigenvalue weighted by Crippen LogP contribution is -2.44. The Kier molecular flexibility index (Phi) is 12.6. The minimum atomic E-state index is -3.14. The molecule has 0 radical (unpaired) electrons. The number of carbonyl (C=O) groups is 2. The molecule has 36 heavy (non-hydrogen) atoms. The second-order valence-corrected chi connectivity index (χ2v) is 12.2. The standard InChI is InChI=1S/C26H44N4O5S/c1-4-20(5-2)19-24(31)29-23(26(32)33)13-16-30(17-18-36(3,34)35)15-7-6-10-22-12-11-21-9-8-14-27-25(21)28-22/h11-12,20,23H,4-10,13-19H2,1-3H3,(H,27,28)(H,29,31)(H,32,33). The number of fused-ring (bicyclic) bond motifs is 1. The van der Waals surface area contributed by atoms with Crippen molar-refractivity contribution < 1.29 is 23.1 Å². The van der Waals surface area contributed by atoms with Gasteiger partial charge in [-0.05, 0) is 62.6 Å². The highest BCUT2D eigenvalue weighted by atomic mass is 32.2. The predicted molar refractivity (Wildman–Crippen MR) is 143 cm³/mol. The maximum atomic E-state index is 12.3. The average molecular weight is 525 g/mol. The summed E-state index contributed by atoms with van der Waals surface area (Å²) in [6, 6.07) is 3.24. The zero-order valence-corrected chi connectivity index (χ0v) is 22.9. The van der Waals surface area contributed by atoms with E-state index in [1.807, 2.05) is 18.7 Å². The van der Waals surface area contributed by atoms with Crippen LogP contribution in [0.2, 0.25) is 0 Å². The number of aryl methyl sites for hydroxylation is 2. The van der Waals surface area contributed by atoms with Gasteiger partial charge in [0.25, 0.3) is 0 Å². The molecular formula is C26H44N4O5S. The van der Waals surface area contributed by atoms with E-state index in [2.05, 4.69) is 22.8 Å². The molecule has 2 rings (SSSR count). The Hall–Kier alpha value is -2.20. The maximum Gasteiger partial charge on any atom is 0.326 e. The monoisotopic (exact) mass is 524 g/mol. The van der Waals surface area contributed by atoms with E-state index in [1.54, 1.807) is 0 Å². The molecule has 0 saturated heterocycles. The zero-order valence-electron chi connectivity index (χ0n) is 22.1. The molecule has 0 aliphatic carbocycles. The number of pyridine rings is 1. The third-order valence-electron chi connectivity index (χ3n) is 6.88. The van der Waals surface area contributed by atoms with Gasteiger partial charge in [0.1, 0.15) is 21.7 Å². The highest BCUT2D eigenvalue weighted by Crippen LogP contribution is 2.20. The van der Waals surface area contributed by atoms with Gasteiger partial charge >= 0.3 is 5.97 Å². The number of carboxylic acids is 1. The molecule has 1 amide bonds. The van der Waals surface area contributed by atoms with Gasteiger partial charge in [-0.2, -0.15) is 0 Å². The van der Waals surface area contributed by atoms with Crippen LogP contribution in [0.3, 0.4) is 0 Å². The molecule has 1 aromatic rings. The Bertz CT molecular complexity index is 950. The van der Waals surface area contributed by atoms with Crippen molar-refractivity contribution in [2.24, 2.45) is 5.92 Å². The molecular weight excluding hydrogens is 480 g/mol. The number of hydrogen-bond acceptors (Lipinski definition) is 7. The van der Waals surface area contributed by atoms with Crippen LogP contribution in [0.15, 0.2) is 12.1 Å². The fourth-order valence-corrected chi connectivity index (χ4v) is 5.03. The number of carboxylic acid groups (broad SMARTS) is 1. The minimum absolute atomic E-state index is 0.0177. The summed E-state index contributed by atoms with van der Waals surface area (Å²) >= 11 is 0. The highest BCUT2D eigenvalue weighted by Gasteiger charge is 2.22. The van der Waals surface area contributed by atoms with E-state index in [9.17, 15) is 23.1 Å². The molecule has 3 N–H and O–H groups in total. The van der Waals surface area contributed by atoms with Gasteiger partial charge in [0.05, 0.1) is 5.75 Å². The molecule has 1 atom stereocenters. The molecule has 1 unspecified atom stereocenters. The van der Waals surface area contributed by atoms with Crippen molar-refractivity contribution in [3.8, 4) is 0 Å². The fraction of sp³-hybridized carbons (Fsp3) is 0.731.